The van der Waals surface area contributed by atoms with Crippen molar-refractivity contribution < 1.29 is 42.9 Å². The van der Waals surface area contributed by atoms with Gasteiger partial charge in [-0.05, 0) is 17.7 Å². The van der Waals surface area contributed by atoms with E-state index in [2.05, 4.69) is 14.7 Å². The highest BCUT2D eigenvalue weighted by atomic mass is 32.1. The summed E-state index contributed by atoms with van der Waals surface area (Å²) < 4.78 is 28.0. The highest BCUT2D eigenvalue weighted by Gasteiger charge is 2.26. The molecule has 218 valence electrons. The summed E-state index contributed by atoms with van der Waals surface area (Å²) in [6.45, 7) is 1.32. The summed E-state index contributed by atoms with van der Waals surface area (Å²) in [4.78, 5) is 58.0. The Bertz CT molecular complexity index is 1440. The molecule has 0 N–H and O–H groups in total. The van der Waals surface area contributed by atoms with Crippen LogP contribution < -0.4 is 18.9 Å². The maximum atomic E-state index is 12.5. The second kappa shape index (κ2) is 13.9. The molecule has 0 unspecified atom stereocenters. The number of esters is 1. The zero-order valence-corrected chi connectivity index (χ0v) is 23.9. The molecule has 1 aliphatic rings. The lowest BCUT2D eigenvalue weighted by Crippen LogP contribution is -2.25. The molecule has 1 amide bonds. The number of rotatable bonds is 15. The van der Waals surface area contributed by atoms with Crippen LogP contribution in [0.1, 0.15) is 53.0 Å². The third-order valence-corrected chi connectivity index (χ3v) is 7.47. The van der Waals surface area contributed by atoms with E-state index >= 15 is 0 Å². The van der Waals surface area contributed by atoms with Crippen LogP contribution in [0.4, 0.5) is 0 Å². The van der Waals surface area contributed by atoms with E-state index in [-0.39, 0.29) is 50.6 Å². The van der Waals surface area contributed by atoms with E-state index in [1.54, 1.807) is 17.0 Å². The number of nitrogens with zero attached hydrogens (tertiary/aromatic N) is 3. The molecule has 0 fully saturated rings. The predicted molar refractivity (Wildman–Crippen MR) is 148 cm³/mol. The van der Waals surface area contributed by atoms with Gasteiger partial charge in [0.05, 0.1) is 68.3 Å². The maximum absolute atomic E-state index is 12.5. The van der Waals surface area contributed by atoms with Crippen LogP contribution in [0.25, 0.3) is 10.2 Å². The van der Waals surface area contributed by atoms with Crippen molar-refractivity contribution in [1.82, 2.24) is 14.9 Å². The predicted octanol–water partition coefficient (Wildman–Crippen LogP) is 3.51. The number of ketones is 1. The number of fused-ring (bicyclic) bond motifs is 2. The first-order chi connectivity index (χ1) is 19.9. The molecule has 0 aliphatic carbocycles. The summed E-state index contributed by atoms with van der Waals surface area (Å²) in [5.74, 6) is 0.824. The Morgan fingerprint density at radius 3 is 2.32 bits per heavy atom. The molecule has 4 heterocycles. The van der Waals surface area contributed by atoms with Gasteiger partial charge in [0.1, 0.15) is 6.29 Å². The summed E-state index contributed by atoms with van der Waals surface area (Å²) in [6.07, 6.45) is 1.68. The number of aromatic nitrogens is 2. The molecule has 4 rings (SSSR count). The maximum Gasteiger partial charge on any atom is 0.305 e. The van der Waals surface area contributed by atoms with E-state index in [0.29, 0.717) is 53.2 Å². The van der Waals surface area contributed by atoms with Gasteiger partial charge in [-0.3, -0.25) is 14.4 Å². The molecule has 1 aliphatic heterocycles. The number of pyridine rings is 2. The first kappa shape index (κ1) is 29.7. The first-order valence-corrected chi connectivity index (χ1v) is 13.8. The molecule has 13 heteroatoms. The molecular formula is C28H31N3O9S. The number of amides is 1. The van der Waals surface area contributed by atoms with Crippen LogP contribution in [-0.4, -0.2) is 73.4 Å². The van der Waals surface area contributed by atoms with Gasteiger partial charge in [0.25, 0.3) is 11.8 Å². The van der Waals surface area contributed by atoms with E-state index < -0.39 is 5.97 Å². The van der Waals surface area contributed by atoms with Crippen LogP contribution in [0, 0.1) is 0 Å². The SMILES string of the molecule is COC(=O)CCC(=O)c1cc2nc(OCCCOc3nc4c(cc3OC)CN(C(=O)CCC=O)C4)c(OC)cc2s1. The summed E-state index contributed by atoms with van der Waals surface area (Å²) >= 11 is 1.28. The Labute approximate surface area is 240 Å². The molecule has 0 bridgehead atoms. The van der Waals surface area contributed by atoms with Crippen molar-refractivity contribution in [2.45, 2.75) is 45.2 Å². The number of ether oxygens (including phenoxy) is 5. The van der Waals surface area contributed by atoms with Gasteiger partial charge in [-0.25, -0.2) is 9.97 Å². The van der Waals surface area contributed by atoms with Crippen molar-refractivity contribution in [3.63, 3.8) is 0 Å². The van der Waals surface area contributed by atoms with Crippen molar-refractivity contribution in [3.8, 4) is 23.3 Å². The molecule has 0 aromatic carbocycles. The number of carbonyl (C=O) groups excluding carboxylic acids is 4. The fourth-order valence-electron chi connectivity index (χ4n) is 4.19. The number of methoxy groups -OCH3 is 3. The van der Waals surface area contributed by atoms with Crippen molar-refractivity contribution in [2.75, 3.05) is 34.5 Å². The van der Waals surface area contributed by atoms with Gasteiger partial charge in [-0.2, -0.15) is 0 Å². The lowest BCUT2D eigenvalue weighted by Gasteiger charge is -2.13. The quantitative estimate of drug-likeness (QED) is 0.112. The van der Waals surface area contributed by atoms with Crippen LogP contribution in [-0.2, 0) is 32.2 Å². The van der Waals surface area contributed by atoms with E-state index in [9.17, 15) is 19.2 Å². The van der Waals surface area contributed by atoms with Gasteiger partial charge in [0.15, 0.2) is 17.3 Å². The number of aldehydes is 1. The fraction of sp³-hybridized carbons (Fsp3) is 0.429. The zero-order valence-electron chi connectivity index (χ0n) is 23.1. The number of hydrogen-bond acceptors (Lipinski definition) is 12. The Morgan fingerprint density at radius 2 is 1.63 bits per heavy atom. The molecule has 0 saturated carbocycles. The monoisotopic (exact) mass is 585 g/mol. The Hall–Kier alpha value is -4.26. The van der Waals surface area contributed by atoms with Gasteiger partial charge in [0.2, 0.25) is 5.91 Å². The first-order valence-electron chi connectivity index (χ1n) is 13.0. The third kappa shape index (κ3) is 7.28. The second-order valence-corrected chi connectivity index (χ2v) is 10.2. The average molecular weight is 586 g/mol. The van der Waals surface area contributed by atoms with E-state index in [0.717, 1.165) is 22.2 Å². The van der Waals surface area contributed by atoms with Crippen molar-refractivity contribution in [3.05, 3.63) is 34.3 Å². The van der Waals surface area contributed by atoms with E-state index in [4.69, 9.17) is 18.9 Å². The standard InChI is InChI=1S/C28H31N3O9S/c1-36-21-12-17-15-31(25(34)6-4-9-32)16-19(17)30-27(21)39-10-5-11-40-28-22(37-2)14-23-18(29-28)13-24(41-23)20(33)7-8-26(35)38-3/h9,12-14H,4-8,10-11,15-16H2,1-3H3. The lowest BCUT2D eigenvalue weighted by molar-refractivity contribution is -0.140. The van der Waals surface area contributed by atoms with Gasteiger partial charge < -0.3 is 33.4 Å². The fourth-order valence-corrected chi connectivity index (χ4v) is 5.19. The summed E-state index contributed by atoms with van der Waals surface area (Å²) in [6, 6.07) is 5.26. The van der Waals surface area contributed by atoms with E-state index in [1.165, 1.54) is 32.7 Å². The average Bonchev–Trinajstić information content (AvgIpc) is 3.60. The highest BCUT2D eigenvalue weighted by Crippen LogP contribution is 2.35. The number of carbonyl (C=O) groups is 4. The largest absolute Gasteiger partial charge is 0.491 e. The van der Waals surface area contributed by atoms with Crippen LogP contribution >= 0.6 is 11.3 Å². The highest BCUT2D eigenvalue weighted by molar-refractivity contribution is 7.20. The topological polar surface area (TPSA) is 143 Å². The normalized spacial score (nSPS) is 12.1. The number of Topliss-reactive ketones (excluding diaryl/α,β-unsaturated/α-hetero) is 1. The smallest absolute Gasteiger partial charge is 0.305 e. The van der Waals surface area contributed by atoms with Crippen molar-refractivity contribution in [2.24, 2.45) is 0 Å². The van der Waals surface area contributed by atoms with Crippen LogP contribution in [0.3, 0.4) is 0 Å². The molecule has 0 atom stereocenters. The molecule has 0 radical (unpaired) electrons. The molecule has 0 saturated heterocycles. The number of thiophene rings is 1. The molecule has 41 heavy (non-hydrogen) atoms. The number of hydrogen-bond donors (Lipinski definition) is 0. The second-order valence-electron chi connectivity index (χ2n) is 9.10. The van der Waals surface area contributed by atoms with Gasteiger partial charge in [0, 0.05) is 38.3 Å². The molecule has 3 aromatic heterocycles. The minimum absolute atomic E-state index is 0.0181. The Balaban J connectivity index is 1.33. The van der Waals surface area contributed by atoms with E-state index in [1.807, 2.05) is 6.07 Å². The van der Waals surface area contributed by atoms with Gasteiger partial charge in [-0.15, -0.1) is 11.3 Å². The van der Waals surface area contributed by atoms with Gasteiger partial charge in [-0.1, -0.05) is 0 Å². The minimum atomic E-state index is -0.435. The third-order valence-electron chi connectivity index (χ3n) is 6.35. The summed E-state index contributed by atoms with van der Waals surface area (Å²) in [7, 11) is 4.32. The molecule has 12 nitrogen and oxygen atoms in total. The Kier molecular flexibility index (Phi) is 10.1. The van der Waals surface area contributed by atoms with Crippen molar-refractivity contribution in [1.29, 1.82) is 0 Å². The Morgan fingerprint density at radius 1 is 0.927 bits per heavy atom. The van der Waals surface area contributed by atoms with Crippen molar-refractivity contribution >= 4 is 45.5 Å². The van der Waals surface area contributed by atoms with Crippen LogP contribution in [0.2, 0.25) is 0 Å². The minimum Gasteiger partial charge on any atom is -0.491 e. The lowest BCUT2D eigenvalue weighted by atomic mass is 10.2. The molecular weight excluding hydrogens is 554 g/mol. The van der Waals surface area contributed by atoms with Crippen LogP contribution in [0.15, 0.2) is 18.2 Å². The molecule has 3 aromatic rings. The summed E-state index contributed by atoms with van der Waals surface area (Å²) in [5, 5.41) is 0. The van der Waals surface area contributed by atoms with Gasteiger partial charge >= 0.3 is 5.97 Å². The zero-order chi connectivity index (χ0) is 29.4. The molecule has 0 spiro atoms. The summed E-state index contributed by atoms with van der Waals surface area (Å²) in [5.41, 5.74) is 2.21. The van der Waals surface area contributed by atoms with Crippen LogP contribution in [0.5, 0.6) is 23.3 Å².